The third-order valence-electron chi connectivity index (χ3n) is 3.88. The lowest BCUT2D eigenvalue weighted by molar-refractivity contribution is 0.405. The van der Waals surface area contributed by atoms with Crippen LogP contribution in [0.15, 0.2) is 0 Å². The Bertz CT molecular complexity index is 453. The van der Waals surface area contributed by atoms with Gasteiger partial charge >= 0.3 is 0 Å². The van der Waals surface area contributed by atoms with Gasteiger partial charge in [-0.05, 0) is 63.3 Å². The van der Waals surface area contributed by atoms with E-state index in [0.717, 1.165) is 46.5 Å². The van der Waals surface area contributed by atoms with Gasteiger partial charge in [-0.25, -0.2) is 0 Å². The first kappa shape index (κ1) is 13.7. The van der Waals surface area contributed by atoms with Crippen LogP contribution < -0.4 is 10.1 Å². The summed E-state index contributed by atoms with van der Waals surface area (Å²) in [6, 6.07) is 0.748. The Balaban J connectivity index is 2.24. The molecule has 0 bridgehead atoms. The number of halogens is 1. The summed E-state index contributed by atoms with van der Waals surface area (Å²) in [7, 11) is 1.74. The van der Waals surface area contributed by atoms with Crippen molar-refractivity contribution in [2.45, 2.75) is 46.1 Å². The molecule has 0 unspecified atom stereocenters. The van der Waals surface area contributed by atoms with Crippen LogP contribution in [0, 0.1) is 20.8 Å². The van der Waals surface area contributed by atoms with E-state index in [-0.39, 0.29) is 0 Å². The van der Waals surface area contributed by atoms with E-state index in [1.807, 2.05) is 0 Å². The lowest BCUT2D eigenvalue weighted by Gasteiger charge is -2.18. The molecule has 1 saturated carbocycles. The van der Waals surface area contributed by atoms with Crippen LogP contribution >= 0.6 is 11.6 Å². The van der Waals surface area contributed by atoms with Gasteiger partial charge in [-0.3, -0.25) is 0 Å². The molecule has 1 N–H and O–H groups in total. The highest BCUT2D eigenvalue weighted by Gasteiger charge is 2.21. The molecule has 0 spiro atoms. The van der Waals surface area contributed by atoms with Gasteiger partial charge in [0.2, 0.25) is 0 Å². The minimum Gasteiger partial charge on any atom is -0.496 e. The first-order valence-electron chi connectivity index (χ1n) is 6.61. The molecule has 2 nitrogen and oxygen atoms in total. The molecule has 3 heteroatoms. The van der Waals surface area contributed by atoms with Crippen molar-refractivity contribution >= 4 is 11.6 Å². The lowest BCUT2D eigenvalue weighted by Crippen LogP contribution is -2.20. The summed E-state index contributed by atoms with van der Waals surface area (Å²) in [5, 5.41) is 4.42. The van der Waals surface area contributed by atoms with Gasteiger partial charge in [-0.1, -0.05) is 11.6 Å². The Morgan fingerprint density at radius 3 is 2.39 bits per heavy atom. The standard InChI is InChI=1S/C15H22ClNO/c1-9-10(2)15(18-4)13(11(3)14(9)16)7-8-17-12-5-6-12/h12,17H,5-8H2,1-4H3. The molecule has 0 aliphatic heterocycles. The number of methoxy groups -OCH3 is 1. The fourth-order valence-electron chi connectivity index (χ4n) is 2.41. The highest BCUT2D eigenvalue weighted by atomic mass is 35.5. The summed E-state index contributed by atoms with van der Waals surface area (Å²) in [6.07, 6.45) is 3.62. The maximum atomic E-state index is 6.39. The molecule has 0 saturated heterocycles. The maximum absolute atomic E-state index is 6.39. The highest BCUT2D eigenvalue weighted by Crippen LogP contribution is 2.36. The van der Waals surface area contributed by atoms with Crippen LogP contribution in [-0.4, -0.2) is 19.7 Å². The van der Waals surface area contributed by atoms with Crippen LogP contribution in [0.3, 0.4) is 0 Å². The van der Waals surface area contributed by atoms with Crippen molar-refractivity contribution in [2.75, 3.05) is 13.7 Å². The second-order valence-corrected chi connectivity index (χ2v) is 5.56. The van der Waals surface area contributed by atoms with Crippen LogP contribution in [0.2, 0.25) is 5.02 Å². The minimum absolute atomic E-state index is 0.748. The Labute approximate surface area is 115 Å². The Morgan fingerprint density at radius 1 is 1.17 bits per heavy atom. The van der Waals surface area contributed by atoms with Crippen molar-refractivity contribution in [3.8, 4) is 5.75 Å². The van der Waals surface area contributed by atoms with Gasteiger partial charge in [0.15, 0.2) is 0 Å². The number of nitrogens with one attached hydrogen (secondary N) is 1. The molecule has 0 aromatic heterocycles. The highest BCUT2D eigenvalue weighted by molar-refractivity contribution is 6.32. The molecule has 18 heavy (non-hydrogen) atoms. The molecular weight excluding hydrogens is 246 g/mol. The zero-order valence-corrected chi connectivity index (χ0v) is 12.4. The van der Waals surface area contributed by atoms with Gasteiger partial charge in [-0.2, -0.15) is 0 Å². The van der Waals surface area contributed by atoms with E-state index in [9.17, 15) is 0 Å². The predicted molar refractivity (Wildman–Crippen MR) is 76.9 cm³/mol. The molecule has 0 amide bonds. The molecule has 1 aromatic rings. The van der Waals surface area contributed by atoms with Gasteiger partial charge in [0.1, 0.15) is 5.75 Å². The molecule has 1 aliphatic rings. The summed E-state index contributed by atoms with van der Waals surface area (Å²) < 4.78 is 5.58. The average Bonchev–Trinajstić information content (AvgIpc) is 3.17. The lowest BCUT2D eigenvalue weighted by atomic mass is 9.96. The van der Waals surface area contributed by atoms with Crippen molar-refractivity contribution in [3.63, 3.8) is 0 Å². The molecule has 0 heterocycles. The van der Waals surface area contributed by atoms with Crippen LogP contribution in [0.25, 0.3) is 0 Å². The monoisotopic (exact) mass is 267 g/mol. The summed E-state index contributed by atoms with van der Waals surface area (Å²) in [6.45, 7) is 7.22. The molecule has 100 valence electrons. The first-order chi connectivity index (χ1) is 8.56. The zero-order chi connectivity index (χ0) is 13.3. The molecular formula is C15H22ClNO. The predicted octanol–water partition coefficient (Wildman–Crippen LogP) is 3.57. The smallest absolute Gasteiger partial charge is 0.125 e. The Kier molecular flexibility index (Phi) is 4.18. The van der Waals surface area contributed by atoms with E-state index in [4.69, 9.17) is 16.3 Å². The van der Waals surface area contributed by atoms with E-state index in [0.29, 0.717) is 0 Å². The number of rotatable bonds is 5. The SMILES string of the molecule is COc1c(C)c(C)c(Cl)c(C)c1CCNC1CC1. The largest absolute Gasteiger partial charge is 0.496 e. The van der Waals surface area contributed by atoms with Gasteiger partial charge in [0.05, 0.1) is 7.11 Å². The van der Waals surface area contributed by atoms with E-state index in [2.05, 4.69) is 26.1 Å². The summed E-state index contributed by atoms with van der Waals surface area (Å²) in [5.74, 6) is 1.01. The van der Waals surface area contributed by atoms with E-state index in [1.165, 1.54) is 18.4 Å². The number of ether oxygens (including phenoxy) is 1. The fourth-order valence-corrected chi connectivity index (χ4v) is 2.67. The van der Waals surface area contributed by atoms with Crippen LogP contribution in [-0.2, 0) is 6.42 Å². The third-order valence-corrected chi connectivity index (χ3v) is 4.44. The number of hydrogen-bond donors (Lipinski definition) is 1. The summed E-state index contributed by atoms with van der Waals surface area (Å²) in [5.41, 5.74) is 4.70. The van der Waals surface area contributed by atoms with Gasteiger partial charge in [-0.15, -0.1) is 0 Å². The normalized spacial score (nSPS) is 14.9. The molecule has 2 rings (SSSR count). The topological polar surface area (TPSA) is 21.3 Å². The third kappa shape index (κ3) is 2.65. The average molecular weight is 268 g/mol. The molecule has 1 aromatic carbocycles. The Morgan fingerprint density at radius 2 is 1.83 bits per heavy atom. The van der Waals surface area contributed by atoms with E-state index in [1.54, 1.807) is 7.11 Å². The molecule has 1 fully saturated rings. The van der Waals surface area contributed by atoms with Crippen molar-refractivity contribution in [1.82, 2.24) is 5.32 Å². The van der Waals surface area contributed by atoms with Crippen molar-refractivity contribution in [2.24, 2.45) is 0 Å². The fraction of sp³-hybridized carbons (Fsp3) is 0.600. The van der Waals surface area contributed by atoms with Crippen molar-refractivity contribution in [1.29, 1.82) is 0 Å². The zero-order valence-electron chi connectivity index (χ0n) is 11.7. The summed E-state index contributed by atoms with van der Waals surface area (Å²) >= 11 is 6.39. The second kappa shape index (κ2) is 5.50. The van der Waals surface area contributed by atoms with Crippen molar-refractivity contribution in [3.05, 3.63) is 27.3 Å². The van der Waals surface area contributed by atoms with E-state index >= 15 is 0 Å². The second-order valence-electron chi connectivity index (χ2n) is 5.18. The quantitative estimate of drug-likeness (QED) is 0.881. The Hall–Kier alpha value is -0.730. The summed E-state index contributed by atoms with van der Waals surface area (Å²) in [4.78, 5) is 0. The number of hydrogen-bond acceptors (Lipinski definition) is 2. The van der Waals surface area contributed by atoms with Gasteiger partial charge in [0, 0.05) is 16.6 Å². The van der Waals surface area contributed by atoms with Crippen LogP contribution in [0.5, 0.6) is 5.75 Å². The van der Waals surface area contributed by atoms with E-state index < -0.39 is 0 Å². The number of benzene rings is 1. The molecule has 0 atom stereocenters. The van der Waals surface area contributed by atoms with Crippen molar-refractivity contribution < 1.29 is 4.74 Å². The minimum atomic E-state index is 0.748. The van der Waals surface area contributed by atoms with Gasteiger partial charge in [0.25, 0.3) is 0 Å². The maximum Gasteiger partial charge on any atom is 0.125 e. The first-order valence-corrected chi connectivity index (χ1v) is 6.99. The molecule has 0 radical (unpaired) electrons. The van der Waals surface area contributed by atoms with Crippen LogP contribution in [0.4, 0.5) is 0 Å². The van der Waals surface area contributed by atoms with Crippen LogP contribution in [0.1, 0.15) is 35.1 Å². The molecule has 1 aliphatic carbocycles. The van der Waals surface area contributed by atoms with Gasteiger partial charge < -0.3 is 10.1 Å².